The molecule has 0 heterocycles. The van der Waals surface area contributed by atoms with Crippen LogP contribution in [0.2, 0.25) is 5.02 Å². The highest BCUT2D eigenvalue weighted by Crippen LogP contribution is 2.11. The second kappa shape index (κ2) is 11.5. The fourth-order valence-corrected chi connectivity index (χ4v) is 2.21. The van der Waals surface area contributed by atoms with Crippen LogP contribution < -0.4 is 5.32 Å². The highest BCUT2D eigenvalue weighted by molar-refractivity contribution is 6.30. The van der Waals surface area contributed by atoms with Crippen molar-refractivity contribution in [1.82, 2.24) is 5.32 Å². The van der Waals surface area contributed by atoms with Crippen LogP contribution in [-0.2, 0) is 20.7 Å². The third-order valence-corrected chi connectivity index (χ3v) is 3.45. The molecule has 0 aliphatic heterocycles. The van der Waals surface area contributed by atoms with Crippen LogP contribution in [0.1, 0.15) is 38.7 Å². The Labute approximate surface area is 138 Å². The highest BCUT2D eigenvalue weighted by atomic mass is 35.5. The van der Waals surface area contributed by atoms with Gasteiger partial charge in [-0.3, -0.25) is 4.79 Å². The van der Waals surface area contributed by atoms with Crippen LogP contribution >= 0.6 is 11.6 Å². The lowest BCUT2D eigenvalue weighted by Crippen LogP contribution is -2.26. The molecule has 0 radical (unpaired) electrons. The molecule has 0 spiro atoms. The lowest BCUT2D eigenvalue weighted by molar-refractivity contribution is -0.140. The zero-order valence-electron chi connectivity index (χ0n) is 13.4. The van der Waals surface area contributed by atoms with Gasteiger partial charge in [0.05, 0.1) is 0 Å². The monoisotopic (exact) mass is 327 g/mol. The van der Waals surface area contributed by atoms with Crippen LogP contribution in [-0.4, -0.2) is 32.0 Å². The molecule has 0 saturated heterocycles. The molecule has 4 nitrogen and oxygen atoms in total. The van der Waals surface area contributed by atoms with Gasteiger partial charge in [0.1, 0.15) is 0 Å². The Bertz CT molecular complexity index is 416. The lowest BCUT2D eigenvalue weighted by atomic mass is 10.1. The van der Waals surface area contributed by atoms with Crippen molar-refractivity contribution in [1.29, 1.82) is 0 Å². The van der Waals surface area contributed by atoms with E-state index in [9.17, 15) is 4.79 Å². The number of carbonyl (C=O) groups excluding carboxylic acids is 1. The average molecular weight is 328 g/mol. The van der Waals surface area contributed by atoms with Crippen LogP contribution in [0.15, 0.2) is 24.3 Å². The van der Waals surface area contributed by atoms with Crippen LogP contribution in [0.4, 0.5) is 0 Å². The standard InChI is InChI=1S/C17H26ClNO3/c1-3-21-17(22-4-2)6-5-13-19-16(20)12-9-14-7-10-15(18)11-8-14/h7-8,10-11,17H,3-6,9,12-13H2,1-2H3,(H,19,20). The molecule has 22 heavy (non-hydrogen) atoms. The van der Waals surface area contributed by atoms with Crippen molar-refractivity contribution in [3.05, 3.63) is 34.9 Å². The van der Waals surface area contributed by atoms with Gasteiger partial charge in [0.25, 0.3) is 0 Å². The first-order valence-corrected chi connectivity index (χ1v) is 8.27. The number of aryl methyl sites for hydroxylation is 1. The van der Waals surface area contributed by atoms with E-state index in [1.54, 1.807) is 0 Å². The quantitative estimate of drug-likeness (QED) is 0.499. The van der Waals surface area contributed by atoms with Gasteiger partial charge in [0.15, 0.2) is 6.29 Å². The Balaban J connectivity index is 2.13. The normalized spacial score (nSPS) is 10.9. The molecule has 0 saturated carbocycles. The van der Waals surface area contributed by atoms with E-state index in [4.69, 9.17) is 21.1 Å². The third-order valence-electron chi connectivity index (χ3n) is 3.20. The summed E-state index contributed by atoms with van der Waals surface area (Å²) in [5.41, 5.74) is 1.12. The van der Waals surface area contributed by atoms with Gasteiger partial charge < -0.3 is 14.8 Å². The molecule has 124 valence electrons. The van der Waals surface area contributed by atoms with Gasteiger partial charge >= 0.3 is 0 Å². The molecule has 5 heteroatoms. The van der Waals surface area contributed by atoms with Gasteiger partial charge in [0.2, 0.25) is 5.91 Å². The number of halogens is 1. The number of ether oxygens (including phenoxy) is 2. The number of rotatable bonds is 11. The minimum atomic E-state index is -0.166. The van der Waals surface area contributed by atoms with E-state index in [1.165, 1.54) is 0 Å². The van der Waals surface area contributed by atoms with Crippen LogP contribution in [0.3, 0.4) is 0 Å². The third kappa shape index (κ3) is 8.37. The Kier molecular flexibility index (Phi) is 9.87. The van der Waals surface area contributed by atoms with Gasteiger partial charge in [-0.05, 0) is 44.4 Å². The Hall–Kier alpha value is -1.10. The molecule has 0 bridgehead atoms. The topological polar surface area (TPSA) is 47.6 Å². The van der Waals surface area contributed by atoms with Crippen molar-refractivity contribution in [3.63, 3.8) is 0 Å². The fourth-order valence-electron chi connectivity index (χ4n) is 2.08. The van der Waals surface area contributed by atoms with Crippen LogP contribution in [0, 0.1) is 0 Å². The predicted octanol–water partition coefficient (Wildman–Crippen LogP) is 3.57. The number of amides is 1. The molecule has 0 aliphatic rings. The minimum Gasteiger partial charge on any atom is -0.356 e. The Morgan fingerprint density at radius 1 is 1.18 bits per heavy atom. The summed E-state index contributed by atoms with van der Waals surface area (Å²) in [5.74, 6) is 0.0688. The first kappa shape index (κ1) is 18.9. The summed E-state index contributed by atoms with van der Waals surface area (Å²) in [4.78, 5) is 11.8. The molecular formula is C17H26ClNO3. The maximum absolute atomic E-state index is 11.8. The van der Waals surface area contributed by atoms with Crippen molar-refractivity contribution < 1.29 is 14.3 Å². The molecule has 0 unspecified atom stereocenters. The van der Waals surface area contributed by atoms with Crippen molar-refractivity contribution in [3.8, 4) is 0 Å². The van der Waals surface area contributed by atoms with Gasteiger partial charge in [-0.25, -0.2) is 0 Å². The molecular weight excluding hydrogens is 302 g/mol. The number of hydrogen-bond donors (Lipinski definition) is 1. The van der Waals surface area contributed by atoms with Crippen LogP contribution in [0.5, 0.6) is 0 Å². The fraction of sp³-hybridized carbons (Fsp3) is 0.588. The van der Waals surface area contributed by atoms with Gasteiger partial charge in [-0.1, -0.05) is 23.7 Å². The highest BCUT2D eigenvalue weighted by Gasteiger charge is 2.08. The van der Waals surface area contributed by atoms with E-state index in [0.717, 1.165) is 24.8 Å². The van der Waals surface area contributed by atoms with Crippen molar-refractivity contribution >= 4 is 17.5 Å². The number of benzene rings is 1. The first-order chi connectivity index (χ1) is 10.7. The summed E-state index contributed by atoms with van der Waals surface area (Å²) < 4.78 is 10.9. The summed E-state index contributed by atoms with van der Waals surface area (Å²) in [6.45, 7) is 5.82. The maximum atomic E-state index is 11.8. The number of hydrogen-bond acceptors (Lipinski definition) is 3. The zero-order chi connectivity index (χ0) is 16.2. The summed E-state index contributed by atoms with van der Waals surface area (Å²) in [6, 6.07) is 7.58. The van der Waals surface area contributed by atoms with Gasteiger partial charge in [0, 0.05) is 37.6 Å². The molecule has 1 rings (SSSR count). The average Bonchev–Trinajstić information content (AvgIpc) is 2.51. The Morgan fingerprint density at radius 3 is 2.41 bits per heavy atom. The van der Waals surface area contributed by atoms with E-state index in [1.807, 2.05) is 38.1 Å². The number of carbonyl (C=O) groups is 1. The summed E-state index contributed by atoms with van der Waals surface area (Å²) in [5, 5.41) is 3.64. The minimum absolute atomic E-state index is 0.0688. The van der Waals surface area contributed by atoms with E-state index in [0.29, 0.717) is 31.2 Å². The molecule has 0 aliphatic carbocycles. The van der Waals surface area contributed by atoms with Gasteiger partial charge in [-0.2, -0.15) is 0 Å². The summed E-state index contributed by atoms with van der Waals surface area (Å²) in [6.07, 6.45) is 2.68. The van der Waals surface area contributed by atoms with E-state index in [2.05, 4.69) is 5.32 Å². The maximum Gasteiger partial charge on any atom is 0.220 e. The Morgan fingerprint density at radius 2 is 1.82 bits per heavy atom. The van der Waals surface area contributed by atoms with Crippen molar-refractivity contribution in [2.24, 2.45) is 0 Å². The van der Waals surface area contributed by atoms with Gasteiger partial charge in [-0.15, -0.1) is 0 Å². The predicted molar refractivity (Wildman–Crippen MR) is 89.1 cm³/mol. The summed E-state index contributed by atoms with van der Waals surface area (Å²) in [7, 11) is 0. The van der Waals surface area contributed by atoms with E-state index < -0.39 is 0 Å². The number of nitrogens with one attached hydrogen (secondary N) is 1. The largest absolute Gasteiger partial charge is 0.356 e. The summed E-state index contributed by atoms with van der Waals surface area (Å²) >= 11 is 5.83. The van der Waals surface area contributed by atoms with Crippen molar-refractivity contribution in [2.75, 3.05) is 19.8 Å². The molecule has 1 amide bonds. The second-order valence-corrected chi connectivity index (χ2v) is 5.40. The van der Waals surface area contributed by atoms with E-state index in [-0.39, 0.29) is 12.2 Å². The second-order valence-electron chi connectivity index (χ2n) is 4.96. The SMILES string of the molecule is CCOC(CCCNC(=O)CCc1ccc(Cl)cc1)OCC. The molecule has 1 N–H and O–H groups in total. The smallest absolute Gasteiger partial charge is 0.220 e. The molecule has 0 aromatic heterocycles. The molecule has 1 aromatic carbocycles. The lowest BCUT2D eigenvalue weighted by Gasteiger charge is -2.16. The van der Waals surface area contributed by atoms with E-state index >= 15 is 0 Å². The first-order valence-electron chi connectivity index (χ1n) is 7.90. The molecule has 1 aromatic rings. The van der Waals surface area contributed by atoms with Crippen LogP contribution in [0.25, 0.3) is 0 Å². The molecule has 0 atom stereocenters. The zero-order valence-corrected chi connectivity index (χ0v) is 14.2. The molecule has 0 fully saturated rings. The van der Waals surface area contributed by atoms with Crippen molar-refractivity contribution in [2.45, 2.75) is 45.8 Å².